The summed E-state index contributed by atoms with van der Waals surface area (Å²) in [7, 11) is 0. The second kappa shape index (κ2) is 8.43. The molecule has 2 fully saturated rings. The SMILES string of the molecule is CCCNC(=O)CN1C(=O)[C@@H]2CCCCN2c2ccc(C(=O)N3CCCC3)cc21. The molecule has 3 aliphatic rings. The molecule has 0 bridgehead atoms. The van der Waals surface area contributed by atoms with Gasteiger partial charge in [0.25, 0.3) is 5.91 Å². The zero-order chi connectivity index (χ0) is 20.4. The average molecular weight is 399 g/mol. The smallest absolute Gasteiger partial charge is 0.253 e. The first-order chi connectivity index (χ1) is 14.1. The van der Waals surface area contributed by atoms with Gasteiger partial charge in [-0.15, -0.1) is 0 Å². The highest BCUT2D eigenvalue weighted by Crippen LogP contribution is 2.40. The number of anilines is 2. The lowest BCUT2D eigenvalue weighted by Crippen LogP contribution is -2.57. The van der Waals surface area contributed by atoms with Gasteiger partial charge in [-0.3, -0.25) is 19.3 Å². The highest BCUT2D eigenvalue weighted by Gasteiger charge is 2.40. The van der Waals surface area contributed by atoms with E-state index in [-0.39, 0.29) is 30.3 Å². The number of fused-ring (bicyclic) bond motifs is 3. The normalized spacial score (nSPS) is 21.1. The van der Waals surface area contributed by atoms with E-state index in [0.717, 1.165) is 63.8 Å². The van der Waals surface area contributed by atoms with Crippen LogP contribution in [0.3, 0.4) is 0 Å². The largest absolute Gasteiger partial charge is 0.358 e. The number of hydrogen-bond donors (Lipinski definition) is 1. The number of rotatable bonds is 5. The molecule has 0 radical (unpaired) electrons. The van der Waals surface area contributed by atoms with Crippen molar-refractivity contribution >= 4 is 29.1 Å². The van der Waals surface area contributed by atoms with E-state index in [1.165, 1.54) is 0 Å². The molecule has 7 heteroatoms. The van der Waals surface area contributed by atoms with Crippen LogP contribution in [0.1, 0.15) is 55.8 Å². The van der Waals surface area contributed by atoms with Crippen LogP contribution in [0.5, 0.6) is 0 Å². The monoisotopic (exact) mass is 398 g/mol. The summed E-state index contributed by atoms with van der Waals surface area (Å²) in [6.07, 6.45) is 5.79. The third-order valence-corrected chi connectivity index (χ3v) is 6.14. The number of amides is 3. The Morgan fingerprint density at radius 3 is 2.59 bits per heavy atom. The van der Waals surface area contributed by atoms with E-state index in [0.29, 0.717) is 17.8 Å². The summed E-state index contributed by atoms with van der Waals surface area (Å²) < 4.78 is 0. The van der Waals surface area contributed by atoms with Gasteiger partial charge in [0, 0.05) is 31.7 Å². The van der Waals surface area contributed by atoms with Gasteiger partial charge in [-0.2, -0.15) is 0 Å². The first-order valence-electron chi connectivity index (χ1n) is 10.9. The lowest BCUT2D eigenvalue weighted by molar-refractivity contribution is -0.125. The van der Waals surface area contributed by atoms with E-state index in [4.69, 9.17) is 0 Å². The van der Waals surface area contributed by atoms with E-state index in [2.05, 4.69) is 10.2 Å². The lowest BCUT2D eigenvalue weighted by atomic mass is 9.95. The molecule has 0 spiro atoms. The summed E-state index contributed by atoms with van der Waals surface area (Å²) in [5, 5.41) is 2.86. The summed E-state index contributed by atoms with van der Waals surface area (Å²) in [4.78, 5) is 44.2. The fourth-order valence-electron chi connectivity index (χ4n) is 4.62. The summed E-state index contributed by atoms with van der Waals surface area (Å²) in [6.45, 7) is 4.99. The van der Waals surface area contributed by atoms with Crippen LogP contribution >= 0.6 is 0 Å². The first-order valence-corrected chi connectivity index (χ1v) is 10.9. The average Bonchev–Trinajstić information content (AvgIpc) is 3.29. The molecule has 0 aliphatic carbocycles. The predicted octanol–water partition coefficient (Wildman–Crippen LogP) is 2.15. The quantitative estimate of drug-likeness (QED) is 0.825. The van der Waals surface area contributed by atoms with E-state index in [1.807, 2.05) is 30.0 Å². The van der Waals surface area contributed by atoms with Gasteiger partial charge in [0.05, 0.1) is 11.4 Å². The third-order valence-electron chi connectivity index (χ3n) is 6.14. The molecular weight excluding hydrogens is 368 g/mol. The second-order valence-corrected chi connectivity index (χ2v) is 8.18. The Morgan fingerprint density at radius 1 is 1.07 bits per heavy atom. The predicted molar refractivity (Wildman–Crippen MR) is 112 cm³/mol. The van der Waals surface area contributed by atoms with Gasteiger partial charge in [0.15, 0.2) is 0 Å². The number of piperidine rings is 1. The highest BCUT2D eigenvalue weighted by molar-refractivity contribution is 6.09. The molecule has 3 aliphatic heterocycles. The van der Waals surface area contributed by atoms with Crippen LogP contribution in [0, 0.1) is 0 Å². The Bertz CT molecular complexity index is 803. The molecule has 1 aromatic carbocycles. The molecule has 0 saturated carbocycles. The maximum absolute atomic E-state index is 13.3. The van der Waals surface area contributed by atoms with Crippen molar-refractivity contribution < 1.29 is 14.4 Å². The number of nitrogens with zero attached hydrogens (tertiary/aromatic N) is 3. The van der Waals surface area contributed by atoms with Crippen molar-refractivity contribution in [2.45, 2.75) is 51.5 Å². The molecule has 156 valence electrons. The fraction of sp³-hybridized carbons (Fsp3) is 0.591. The van der Waals surface area contributed by atoms with E-state index in [9.17, 15) is 14.4 Å². The molecule has 7 nitrogen and oxygen atoms in total. The molecule has 0 aromatic heterocycles. The molecule has 1 atom stereocenters. The van der Waals surface area contributed by atoms with Crippen LogP contribution in [0.4, 0.5) is 11.4 Å². The number of nitrogens with one attached hydrogen (secondary N) is 1. The Labute approximate surface area is 172 Å². The Hall–Kier alpha value is -2.57. The van der Waals surface area contributed by atoms with Crippen LogP contribution in [-0.2, 0) is 9.59 Å². The van der Waals surface area contributed by atoms with Gasteiger partial charge in [-0.05, 0) is 56.7 Å². The maximum Gasteiger partial charge on any atom is 0.253 e. The molecule has 4 rings (SSSR count). The molecule has 1 aromatic rings. The molecule has 1 N–H and O–H groups in total. The summed E-state index contributed by atoms with van der Waals surface area (Å²) >= 11 is 0. The summed E-state index contributed by atoms with van der Waals surface area (Å²) in [5.41, 5.74) is 2.23. The van der Waals surface area contributed by atoms with Crippen molar-refractivity contribution in [3.05, 3.63) is 23.8 Å². The van der Waals surface area contributed by atoms with Gasteiger partial charge >= 0.3 is 0 Å². The van der Waals surface area contributed by atoms with Gasteiger partial charge in [-0.1, -0.05) is 6.92 Å². The topological polar surface area (TPSA) is 73.0 Å². The van der Waals surface area contributed by atoms with Crippen LogP contribution < -0.4 is 15.1 Å². The third kappa shape index (κ3) is 3.82. The van der Waals surface area contributed by atoms with Crippen molar-refractivity contribution in [3.8, 4) is 0 Å². The first kappa shape index (κ1) is 19.7. The minimum absolute atomic E-state index is 0.00245. The Balaban J connectivity index is 1.67. The van der Waals surface area contributed by atoms with Crippen LogP contribution in [0.15, 0.2) is 18.2 Å². The van der Waals surface area contributed by atoms with Crippen molar-refractivity contribution in [1.82, 2.24) is 10.2 Å². The molecule has 3 amide bonds. The number of likely N-dealkylation sites (tertiary alicyclic amines) is 1. The fourth-order valence-corrected chi connectivity index (χ4v) is 4.62. The number of carbonyl (C=O) groups excluding carboxylic acids is 3. The maximum atomic E-state index is 13.3. The lowest BCUT2D eigenvalue weighted by Gasteiger charge is -2.45. The van der Waals surface area contributed by atoms with E-state index < -0.39 is 0 Å². The van der Waals surface area contributed by atoms with Crippen molar-refractivity contribution in [2.24, 2.45) is 0 Å². The zero-order valence-corrected chi connectivity index (χ0v) is 17.2. The molecule has 3 heterocycles. The Morgan fingerprint density at radius 2 is 1.83 bits per heavy atom. The number of hydrogen-bond acceptors (Lipinski definition) is 4. The van der Waals surface area contributed by atoms with Crippen molar-refractivity contribution in [3.63, 3.8) is 0 Å². The standard InChI is InChI=1S/C22H30N4O3/c1-2-10-23-20(27)15-26-19-14-16(21(28)24-11-5-6-12-24)8-9-17(19)25-13-4-3-7-18(25)22(26)29/h8-9,14,18H,2-7,10-13,15H2,1H3,(H,23,27)/t18-/m0/s1. The van der Waals surface area contributed by atoms with E-state index >= 15 is 0 Å². The minimum Gasteiger partial charge on any atom is -0.358 e. The van der Waals surface area contributed by atoms with Crippen molar-refractivity contribution in [2.75, 3.05) is 42.5 Å². The van der Waals surface area contributed by atoms with Gasteiger partial charge in [0.1, 0.15) is 12.6 Å². The van der Waals surface area contributed by atoms with Gasteiger partial charge in [-0.25, -0.2) is 0 Å². The van der Waals surface area contributed by atoms with Crippen LogP contribution in [-0.4, -0.2) is 61.4 Å². The molecule has 29 heavy (non-hydrogen) atoms. The second-order valence-electron chi connectivity index (χ2n) is 8.18. The summed E-state index contributed by atoms with van der Waals surface area (Å²) in [5.74, 6) is -0.185. The van der Waals surface area contributed by atoms with Crippen LogP contribution in [0.2, 0.25) is 0 Å². The molecular formula is C22H30N4O3. The van der Waals surface area contributed by atoms with Gasteiger partial charge < -0.3 is 15.1 Å². The van der Waals surface area contributed by atoms with Crippen molar-refractivity contribution in [1.29, 1.82) is 0 Å². The Kier molecular flexibility index (Phi) is 5.74. The zero-order valence-electron chi connectivity index (χ0n) is 17.2. The van der Waals surface area contributed by atoms with Crippen LogP contribution in [0.25, 0.3) is 0 Å². The minimum atomic E-state index is -0.213. The summed E-state index contributed by atoms with van der Waals surface area (Å²) in [6, 6.07) is 5.43. The molecule has 0 unspecified atom stereocenters. The van der Waals surface area contributed by atoms with Gasteiger partial charge in [0.2, 0.25) is 11.8 Å². The highest BCUT2D eigenvalue weighted by atomic mass is 16.2. The number of carbonyl (C=O) groups is 3. The van der Waals surface area contributed by atoms with E-state index in [1.54, 1.807) is 4.90 Å². The number of benzene rings is 1. The molecule has 2 saturated heterocycles.